The third kappa shape index (κ3) is 5.99. The summed E-state index contributed by atoms with van der Waals surface area (Å²) in [6, 6.07) is 53.6. The van der Waals surface area contributed by atoms with Crippen molar-refractivity contribution >= 4 is 16.5 Å². The maximum atomic E-state index is 9.83. The van der Waals surface area contributed by atoms with Gasteiger partial charge >= 0.3 is 0 Å². The van der Waals surface area contributed by atoms with Crippen LogP contribution in [0.1, 0.15) is 34.6 Å². The number of allylic oxidation sites excluding steroid dienone is 4. The largest absolute Gasteiger partial charge is 0.227 e. The highest BCUT2D eigenvalue weighted by molar-refractivity contribution is 6.04. The van der Waals surface area contributed by atoms with Crippen LogP contribution in [-0.4, -0.2) is 9.97 Å². The SMILES string of the molecule is N#Cc1cccc(-c2nc(-c3cccc(C#N)c3)c3cc(C4=CC=CC(c5ccccc5)C4)cc(-c4cccc(-c5ccccc5)c4)c3n2)c1. The van der Waals surface area contributed by atoms with Crippen LogP contribution < -0.4 is 0 Å². The van der Waals surface area contributed by atoms with Crippen LogP contribution in [0.3, 0.4) is 0 Å². The summed E-state index contributed by atoms with van der Waals surface area (Å²) in [4.78, 5) is 10.4. The molecule has 0 saturated heterocycles. The summed E-state index contributed by atoms with van der Waals surface area (Å²) in [6.45, 7) is 0. The van der Waals surface area contributed by atoms with E-state index in [0.29, 0.717) is 17.0 Å². The van der Waals surface area contributed by atoms with Gasteiger partial charge in [-0.2, -0.15) is 10.5 Å². The molecule has 0 amide bonds. The van der Waals surface area contributed by atoms with Crippen molar-refractivity contribution < 1.29 is 0 Å². The fourth-order valence-corrected chi connectivity index (χ4v) is 6.77. The molecule has 0 aliphatic heterocycles. The quantitative estimate of drug-likeness (QED) is 0.182. The Hall–Kier alpha value is -6.88. The minimum atomic E-state index is 0.259. The lowest BCUT2D eigenvalue weighted by Crippen LogP contribution is -2.02. The summed E-state index contributed by atoms with van der Waals surface area (Å²) in [5.41, 5.74) is 12.1. The van der Waals surface area contributed by atoms with Gasteiger partial charge in [0.2, 0.25) is 0 Å². The Balaban J connectivity index is 1.41. The molecular weight excluding hydrogens is 609 g/mol. The molecular formula is C46H30N4. The molecule has 0 radical (unpaired) electrons. The smallest absolute Gasteiger partial charge is 0.160 e. The van der Waals surface area contributed by atoms with Gasteiger partial charge in [0.15, 0.2) is 5.82 Å². The summed E-state index contributed by atoms with van der Waals surface area (Å²) in [5, 5.41) is 20.4. The fraction of sp³-hybridized carbons (Fsp3) is 0.0435. The average Bonchev–Trinajstić information content (AvgIpc) is 3.20. The third-order valence-electron chi connectivity index (χ3n) is 9.28. The van der Waals surface area contributed by atoms with Gasteiger partial charge in [0.05, 0.1) is 34.5 Å². The van der Waals surface area contributed by atoms with E-state index in [4.69, 9.17) is 9.97 Å². The number of fused-ring (bicyclic) bond motifs is 1. The number of benzene rings is 6. The van der Waals surface area contributed by atoms with Crippen LogP contribution in [0.2, 0.25) is 0 Å². The molecule has 1 aromatic heterocycles. The minimum absolute atomic E-state index is 0.259. The second kappa shape index (κ2) is 13.3. The van der Waals surface area contributed by atoms with Crippen molar-refractivity contribution in [1.29, 1.82) is 10.5 Å². The van der Waals surface area contributed by atoms with Crippen LogP contribution in [0.4, 0.5) is 0 Å². The van der Waals surface area contributed by atoms with Crippen molar-refractivity contribution in [2.45, 2.75) is 12.3 Å². The maximum absolute atomic E-state index is 9.83. The number of nitrogens with zero attached hydrogens (tertiary/aromatic N) is 4. The minimum Gasteiger partial charge on any atom is -0.227 e. The first kappa shape index (κ1) is 30.5. The highest BCUT2D eigenvalue weighted by atomic mass is 14.9. The van der Waals surface area contributed by atoms with Crippen molar-refractivity contribution in [1.82, 2.24) is 9.97 Å². The summed E-state index contributed by atoms with van der Waals surface area (Å²) >= 11 is 0. The van der Waals surface area contributed by atoms with Gasteiger partial charge in [-0.3, -0.25) is 0 Å². The zero-order valence-corrected chi connectivity index (χ0v) is 27.2. The van der Waals surface area contributed by atoms with E-state index in [-0.39, 0.29) is 5.92 Å². The van der Waals surface area contributed by atoms with Gasteiger partial charge in [-0.15, -0.1) is 0 Å². The molecule has 0 N–H and O–H groups in total. The molecule has 0 saturated carbocycles. The molecule has 50 heavy (non-hydrogen) atoms. The zero-order chi connectivity index (χ0) is 33.9. The van der Waals surface area contributed by atoms with E-state index >= 15 is 0 Å². The van der Waals surface area contributed by atoms with Crippen LogP contribution in [0.25, 0.3) is 61.4 Å². The van der Waals surface area contributed by atoms with Crippen LogP contribution in [0.5, 0.6) is 0 Å². The molecule has 8 rings (SSSR count). The van der Waals surface area contributed by atoms with Crippen LogP contribution in [0.15, 0.2) is 164 Å². The number of hydrogen-bond donors (Lipinski definition) is 0. The highest BCUT2D eigenvalue weighted by Gasteiger charge is 2.21. The highest BCUT2D eigenvalue weighted by Crippen LogP contribution is 2.41. The summed E-state index contributed by atoms with van der Waals surface area (Å²) in [6.07, 6.45) is 7.50. The molecule has 234 valence electrons. The lowest BCUT2D eigenvalue weighted by molar-refractivity contribution is 0.868. The maximum Gasteiger partial charge on any atom is 0.160 e. The Labute approximate surface area is 291 Å². The number of rotatable bonds is 6. The van der Waals surface area contributed by atoms with Gasteiger partial charge in [-0.25, -0.2) is 9.97 Å². The first-order valence-corrected chi connectivity index (χ1v) is 16.6. The number of aromatic nitrogens is 2. The van der Waals surface area contributed by atoms with Crippen molar-refractivity contribution in [2.75, 3.05) is 0 Å². The number of hydrogen-bond acceptors (Lipinski definition) is 4. The molecule has 1 aliphatic rings. The third-order valence-corrected chi connectivity index (χ3v) is 9.28. The predicted octanol–water partition coefficient (Wildman–Crippen LogP) is 11.2. The molecule has 1 atom stereocenters. The molecule has 0 fully saturated rings. The molecule has 1 aliphatic carbocycles. The summed E-state index contributed by atoms with van der Waals surface area (Å²) in [7, 11) is 0. The molecule has 7 aromatic rings. The van der Waals surface area contributed by atoms with Crippen LogP contribution >= 0.6 is 0 Å². The van der Waals surface area contributed by atoms with Crippen LogP contribution in [-0.2, 0) is 0 Å². The first-order valence-electron chi connectivity index (χ1n) is 16.6. The molecule has 0 spiro atoms. The van der Waals surface area contributed by atoms with Crippen molar-refractivity contribution in [3.8, 4) is 57.0 Å². The van der Waals surface area contributed by atoms with Gasteiger partial charge in [-0.05, 0) is 82.3 Å². The molecule has 4 heteroatoms. The predicted molar refractivity (Wildman–Crippen MR) is 202 cm³/mol. The van der Waals surface area contributed by atoms with Gasteiger partial charge in [0.25, 0.3) is 0 Å². The van der Waals surface area contributed by atoms with Crippen molar-refractivity contribution in [2.24, 2.45) is 0 Å². The van der Waals surface area contributed by atoms with Crippen LogP contribution in [0, 0.1) is 22.7 Å². The molecule has 4 nitrogen and oxygen atoms in total. The van der Waals surface area contributed by atoms with E-state index in [9.17, 15) is 10.5 Å². The molecule has 1 unspecified atom stereocenters. The Morgan fingerprint density at radius 3 is 1.94 bits per heavy atom. The lowest BCUT2D eigenvalue weighted by Gasteiger charge is -2.21. The second-order valence-corrected chi connectivity index (χ2v) is 12.4. The van der Waals surface area contributed by atoms with E-state index in [2.05, 4.69) is 121 Å². The standard InChI is InChI=1S/C46H30N4/c47-29-31-11-7-21-39(23-31)44-43-28-41(37-19-9-17-35(25-37)33-13-3-1-4-14-33)27-42(38-20-10-18-36(26-38)34-15-5-2-6-16-34)45(43)50-46(49-44)40-22-8-12-32(24-40)30-48/h1-24,26-28,35H,25H2. The Kier molecular flexibility index (Phi) is 8.11. The van der Waals surface area contributed by atoms with Gasteiger partial charge in [0, 0.05) is 28.0 Å². The van der Waals surface area contributed by atoms with Crippen molar-refractivity contribution in [3.63, 3.8) is 0 Å². The Morgan fingerprint density at radius 1 is 0.540 bits per heavy atom. The fourth-order valence-electron chi connectivity index (χ4n) is 6.77. The van der Waals surface area contributed by atoms with E-state index in [1.807, 2.05) is 42.5 Å². The lowest BCUT2D eigenvalue weighted by atomic mass is 9.84. The zero-order valence-electron chi connectivity index (χ0n) is 27.2. The van der Waals surface area contributed by atoms with Gasteiger partial charge < -0.3 is 0 Å². The first-order chi connectivity index (χ1) is 24.7. The van der Waals surface area contributed by atoms with E-state index in [1.54, 1.807) is 12.1 Å². The average molecular weight is 639 g/mol. The monoisotopic (exact) mass is 638 g/mol. The number of nitriles is 2. The molecule has 1 heterocycles. The molecule has 6 aromatic carbocycles. The van der Waals surface area contributed by atoms with Crippen molar-refractivity contribution in [3.05, 3.63) is 186 Å². The Morgan fingerprint density at radius 2 is 1.18 bits per heavy atom. The molecule has 0 bridgehead atoms. The van der Waals surface area contributed by atoms with E-state index in [0.717, 1.165) is 62.0 Å². The topological polar surface area (TPSA) is 73.4 Å². The van der Waals surface area contributed by atoms with Gasteiger partial charge in [0.1, 0.15) is 0 Å². The van der Waals surface area contributed by atoms with E-state index < -0.39 is 0 Å². The van der Waals surface area contributed by atoms with E-state index in [1.165, 1.54) is 11.1 Å². The normalized spacial score (nSPS) is 13.7. The van der Waals surface area contributed by atoms with Gasteiger partial charge in [-0.1, -0.05) is 121 Å². The Bertz CT molecular complexity index is 2530. The summed E-state index contributed by atoms with van der Waals surface area (Å²) in [5.74, 6) is 0.777. The summed E-state index contributed by atoms with van der Waals surface area (Å²) < 4.78 is 0. The second-order valence-electron chi connectivity index (χ2n) is 12.4.